The van der Waals surface area contributed by atoms with Gasteiger partial charge in [0, 0.05) is 19.0 Å². The molecule has 0 aromatic carbocycles. The third-order valence-corrected chi connectivity index (χ3v) is 3.47. The van der Waals surface area contributed by atoms with Crippen molar-refractivity contribution < 1.29 is 12.8 Å². The Morgan fingerprint density at radius 1 is 1.26 bits per heavy atom. The summed E-state index contributed by atoms with van der Waals surface area (Å²) in [6.07, 6.45) is 2.93. The Balaban J connectivity index is 1.88. The van der Waals surface area contributed by atoms with Crippen molar-refractivity contribution in [3.63, 3.8) is 0 Å². The minimum Gasteiger partial charge on any atom is -0.458 e. The molecular formula is C13H16N2O3S. The number of pyridine rings is 1. The first kappa shape index (κ1) is 13.8. The Bertz CT molecular complexity index is 620. The molecule has 0 atom stereocenters. The Labute approximate surface area is 112 Å². The summed E-state index contributed by atoms with van der Waals surface area (Å²) in [6.45, 7) is 0.917. The van der Waals surface area contributed by atoms with E-state index in [1.807, 2.05) is 30.3 Å². The molecular weight excluding hydrogens is 264 g/mol. The van der Waals surface area contributed by atoms with E-state index in [0.717, 1.165) is 11.5 Å². The molecule has 5 nitrogen and oxygen atoms in total. The molecule has 0 unspecified atom stereocenters. The van der Waals surface area contributed by atoms with Gasteiger partial charge in [0.25, 0.3) is 0 Å². The van der Waals surface area contributed by atoms with Gasteiger partial charge >= 0.3 is 0 Å². The van der Waals surface area contributed by atoms with Crippen LogP contribution in [0.5, 0.6) is 0 Å². The van der Waals surface area contributed by atoms with Crippen LogP contribution in [0.4, 0.5) is 0 Å². The van der Waals surface area contributed by atoms with E-state index in [2.05, 4.69) is 10.3 Å². The Kier molecular flexibility index (Phi) is 4.34. The number of sulfone groups is 1. The maximum absolute atomic E-state index is 11.0. The smallest absolute Gasteiger partial charge is 0.152 e. The summed E-state index contributed by atoms with van der Waals surface area (Å²) in [5.41, 5.74) is 0.782. The fraction of sp³-hybridized carbons (Fsp3) is 0.308. The van der Waals surface area contributed by atoms with Crippen LogP contribution in [-0.4, -0.2) is 32.0 Å². The molecule has 0 aliphatic heterocycles. The van der Waals surface area contributed by atoms with Gasteiger partial charge in [-0.05, 0) is 24.3 Å². The lowest BCUT2D eigenvalue weighted by Gasteiger charge is -2.01. The number of aromatic nitrogens is 1. The Hall–Kier alpha value is -1.66. The minimum absolute atomic E-state index is 0.126. The zero-order valence-electron chi connectivity index (χ0n) is 10.7. The summed E-state index contributed by atoms with van der Waals surface area (Å²) < 4.78 is 27.5. The monoisotopic (exact) mass is 280 g/mol. The van der Waals surface area contributed by atoms with Crippen molar-refractivity contribution in [3.8, 4) is 11.5 Å². The second-order valence-corrected chi connectivity index (χ2v) is 6.55. The number of rotatable bonds is 6. The minimum atomic E-state index is -2.92. The molecule has 0 fully saturated rings. The largest absolute Gasteiger partial charge is 0.458 e. The van der Waals surface area contributed by atoms with E-state index in [9.17, 15) is 8.42 Å². The summed E-state index contributed by atoms with van der Waals surface area (Å²) in [5, 5.41) is 3.03. The Morgan fingerprint density at radius 3 is 2.79 bits per heavy atom. The lowest BCUT2D eigenvalue weighted by molar-refractivity contribution is 0.496. The highest BCUT2D eigenvalue weighted by atomic mass is 32.2. The van der Waals surface area contributed by atoms with Gasteiger partial charge in [-0.25, -0.2) is 8.42 Å². The quantitative estimate of drug-likeness (QED) is 0.811. The Morgan fingerprint density at radius 2 is 2.11 bits per heavy atom. The summed E-state index contributed by atoms with van der Waals surface area (Å²) in [4.78, 5) is 4.20. The van der Waals surface area contributed by atoms with E-state index in [4.69, 9.17) is 4.42 Å². The van der Waals surface area contributed by atoms with Crippen LogP contribution >= 0.6 is 0 Å². The highest BCUT2D eigenvalue weighted by Crippen LogP contribution is 2.19. The average molecular weight is 280 g/mol. The predicted molar refractivity (Wildman–Crippen MR) is 73.4 cm³/mol. The van der Waals surface area contributed by atoms with E-state index in [0.29, 0.717) is 18.8 Å². The molecule has 0 saturated heterocycles. The molecule has 102 valence electrons. The van der Waals surface area contributed by atoms with Crippen LogP contribution in [-0.2, 0) is 16.4 Å². The number of hydrogen-bond donors (Lipinski definition) is 1. The van der Waals surface area contributed by atoms with Crippen LogP contribution in [0.2, 0.25) is 0 Å². The van der Waals surface area contributed by atoms with Crippen molar-refractivity contribution in [2.75, 3.05) is 18.6 Å². The van der Waals surface area contributed by atoms with Crippen LogP contribution in [0.3, 0.4) is 0 Å². The van der Waals surface area contributed by atoms with E-state index in [1.54, 1.807) is 6.20 Å². The molecule has 2 rings (SSSR count). The lowest BCUT2D eigenvalue weighted by Crippen LogP contribution is -2.21. The lowest BCUT2D eigenvalue weighted by atomic mass is 10.3. The van der Waals surface area contributed by atoms with Crippen molar-refractivity contribution in [2.24, 2.45) is 0 Å². The van der Waals surface area contributed by atoms with E-state index >= 15 is 0 Å². The van der Waals surface area contributed by atoms with Gasteiger partial charge < -0.3 is 9.73 Å². The zero-order chi connectivity index (χ0) is 13.7. The summed E-state index contributed by atoms with van der Waals surface area (Å²) in [7, 11) is -2.92. The van der Waals surface area contributed by atoms with Gasteiger partial charge in [-0.15, -0.1) is 0 Å². The maximum atomic E-state index is 11.0. The van der Waals surface area contributed by atoms with Crippen molar-refractivity contribution in [1.82, 2.24) is 10.3 Å². The first-order valence-electron chi connectivity index (χ1n) is 5.93. The molecule has 0 amide bonds. The molecule has 6 heteroatoms. The van der Waals surface area contributed by atoms with Crippen LogP contribution in [0.25, 0.3) is 11.5 Å². The van der Waals surface area contributed by atoms with Crippen LogP contribution in [0.1, 0.15) is 5.76 Å². The molecule has 0 radical (unpaired) electrons. The van der Waals surface area contributed by atoms with Gasteiger partial charge in [-0.2, -0.15) is 0 Å². The van der Waals surface area contributed by atoms with E-state index < -0.39 is 9.84 Å². The SMILES string of the molecule is CS(=O)(=O)CCNCc1ccc(-c2ccccn2)o1. The number of nitrogens with one attached hydrogen (secondary N) is 1. The second-order valence-electron chi connectivity index (χ2n) is 4.29. The first-order valence-corrected chi connectivity index (χ1v) is 7.99. The third-order valence-electron chi connectivity index (χ3n) is 2.53. The van der Waals surface area contributed by atoms with E-state index in [1.165, 1.54) is 6.26 Å². The molecule has 19 heavy (non-hydrogen) atoms. The fourth-order valence-electron chi connectivity index (χ4n) is 1.59. The summed E-state index contributed by atoms with van der Waals surface area (Å²) in [6, 6.07) is 9.34. The first-order chi connectivity index (χ1) is 9.04. The van der Waals surface area contributed by atoms with Gasteiger partial charge in [0.2, 0.25) is 0 Å². The summed E-state index contributed by atoms with van der Waals surface area (Å²) >= 11 is 0. The van der Waals surface area contributed by atoms with Crippen molar-refractivity contribution >= 4 is 9.84 Å². The van der Waals surface area contributed by atoms with Crippen LogP contribution < -0.4 is 5.32 Å². The predicted octanol–water partition coefficient (Wildman–Crippen LogP) is 1.48. The summed E-state index contributed by atoms with van der Waals surface area (Å²) in [5.74, 6) is 1.59. The topological polar surface area (TPSA) is 72.2 Å². The van der Waals surface area contributed by atoms with Crippen molar-refractivity contribution in [1.29, 1.82) is 0 Å². The van der Waals surface area contributed by atoms with Crippen molar-refractivity contribution in [3.05, 3.63) is 42.3 Å². The molecule has 0 aliphatic rings. The third kappa shape index (κ3) is 4.50. The molecule has 0 bridgehead atoms. The number of nitrogens with zero attached hydrogens (tertiary/aromatic N) is 1. The van der Waals surface area contributed by atoms with Gasteiger partial charge in [0.1, 0.15) is 21.3 Å². The zero-order valence-corrected chi connectivity index (χ0v) is 11.5. The van der Waals surface area contributed by atoms with E-state index in [-0.39, 0.29) is 5.75 Å². The van der Waals surface area contributed by atoms with Crippen molar-refractivity contribution in [2.45, 2.75) is 6.54 Å². The number of hydrogen-bond acceptors (Lipinski definition) is 5. The molecule has 2 heterocycles. The van der Waals surface area contributed by atoms with Gasteiger partial charge in [-0.3, -0.25) is 4.98 Å². The molecule has 0 spiro atoms. The normalized spacial score (nSPS) is 11.6. The highest BCUT2D eigenvalue weighted by molar-refractivity contribution is 7.90. The van der Waals surface area contributed by atoms with Crippen LogP contribution in [0.15, 0.2) is 40.9 Å². The highest BCUT2D eigenvalue weighted by Gasteiger charge is 2.06. The molecule has 0 saturated carbocycles. The second kappa shape index (κ2) is 5.99. The standard InChI is InChI=1S/C13H16N2O3S/c1-19(16,17)9-8-14-10-11-5-6-13(18-11)12-4-2-3-7-15-12/h2-7,14H,8-10H2,1H3. The molecule has 1 N–H and O–H groups in total. The molecule has 2 aromatic heterocycles. The average Bonchev–Trinajstić information content (AvgIpc) is 2.83. The molecule has 0 aliphatic carbocycles. The van der Waals surface area contributed by atoms with Gasteiger partial charge in [0.15, 0.2) is 5.76 Å². The van der Waals surface area contributed by atoms with Crippen LogP contribution in [0, 0.1) is 0 Å². The fourth-order valence-corrected chi connectivity index (χ4v) is 2.10. The van der Waals surface area contributed by atoms with Gasteiger partial charge in [-0.1, -0.05) is 6.07 Å². The van der Waals surface area contributed by atoms with Gasteiger partial charge in [0.05, 0.1) is 12.3 Å². The maximum Gasteiger partial charge on any atom is 0.152 e. The molecule has 2 aromatic rings. The number of furan rings is 1.